The third kappa shape index (κ3) is 2.06. The predicted molar refractivity (Wildman–Crippen MR) is 35.3 cm³/mol. The van der Waals surface area contributed by atoms with Crippen LogP contribution < -0.4 is 0 Å². The van der Waals surface area contributed by atoms with Gasteiger partial charge >= 0.3 is 17.4 Å². The van der Waals surface area contributed by atoms with Gasteiger partial charge in [-0.25, -0.2) is 8.42 Å². The van der Waals surface area contributed by atoms with Crippen molar-refractivity contribution in [1.82, 2.24) is 0 Å². The zero-order valence-electron chi connectivity index (χ0n) is 7.02. The topological polar surface area (TPSA) is 57.9 Å². The van der Waals surface area contributed by atoms with Gasteiger partial charge in [-0.15, -0.1) is 0 Å². The molecule has 0 aliphatic carbocycles. The molecule has 0 aliphatic heterocycles. The molecule has 0 N–H and O–H groups in total. The first-order valence-corrected chi connectivity index (χ1v) is 4.88. The van der Waals surface area contributed by atoms with Gasteiger partial charge in [0.2, 0.25) is 9.84 Å². The van der Waals surface area contributed by atoms with Gasteiger partial charge in [-0.3, -0.25) is 0 Å². The Morgan fingerprint density at radius 3 is 1.62 bits per heavy atom. The number of sulfone groups is 1. The molecule has 0 radical (unpaired) electrons. The number of hydrogen-bond donors (Lipinski definition) is 0. The number of alkyl halides is 7. The molecule has 0 aromatic rings. The molecule has 0 fully saturated rings. The van der Waals surface area contributed by atoms with Crippen LogP contribution in [-0.2, 0) is 9.84 Å². The van der Waals surface area contributed by atoms with Gasteiger partial charge < -0.3 is 0 Å². The van der Waals surface area contributed by atoms with Gasteiger partial charge in [0, 0.05) is 0 Å². The van der Waals surface area contributed by atoms with E-state index in [2.05, 4.69) is 0 Å². The summed E-state index contributed by atoms with van der Waals surface area (Å²) in [6.45, 7) is 0. The Hall–Kier alpha value is -1.05. The highest BCUT2D eigenvalue weighted by molar-refractivity contribution is 7.92. The Labute approximate surface area is 84.4 Å². The van der Waals surface area contributed by atoms with Gasteiger partial charge in [-0.2, -0.15) is 36.0 Å². The van der Waals surface area contributed by atoms with Gasteiger partial charge in [-0.1, -0.05) is 0 Å². The van der Waals surface area contributed by atoms with Crippen LogP contribution in [0, 0.1) is 11.3 Å². The molecule has 0 heterocycles. The molecule has 0 atom stereocenters. The van der Waals surface area contributed by atoms with Crippen LogP contribution >= 0.6 is 0 Å². The first-order chi connectivity index (χ1) is 6.81. The number of hydrogen-bond acceptors (Lipinski definition) is 3. The van der Waals surface area contributed by atoms with E-state index in [0.29, 0.717) is 6.07 Å². The number of rotatable bonds is 3. The van der Waals surface area contributed by atoms with Crippen molar-refractivity contribution in [3.63, 3.8) is 0 Å². The summed E-state index contributed by atoms with van der Waals surface area (Å²) in [4.78, 5) is 0. The van der Waals surface area contributed by atoms with Gasteiger partial charge in [0.25, 0.3) is 0 Å². The fourth-order valence-corrected chi connectivity index (χ4v) is 1.39. The highest BCUT2D eigenvalue weighted by Gasteiger charge is 2.78. The molecule has 11 heteroatoms. The monoisotopic (exact) mass is 273 g/mol. The summed E-state index contributed by atoms with van der Waals surface area (Å²) < 4.78 is 105. The summed E-state index contributed by atoms with van der Waals surface area (Å²) in [6, 6.07) is 0.569. The van der Waals surface area contributed by atoms with Gasteiger partial charge in [0.1, 0.15) is 5.75 Å². The quantitative estimate of drug-likeness (QED) is 0.735. The summed E-state index contributed by atoms with van der Waals surface area (Å²) >= 11 is 0. The maximum Gasteiger partial charge on any atom is 0.461 e. The van der Waals surface area contributed by atoms with Crippen LogP contribution in [0.15, 0.2) is 0 Å². The molecule has 0 spiro atoms. The molecule has 0 aromatic heterocycles. The molecule has 3 nitrogen and oxygen atoms in total. The molecule has 16 heavy (non-hydrogen) atoms. The van der Waals surface area contributed by atoms with E-state index in [1.165, 1.54) is 0 Å². The van der Waals surface area contributed by atoms with E-state index in [-0.39, 0.29) is 0 Å². The van der Waals surface area contributed by atoms with Gasteiger partial charge in [0.15, 0.2) is 0 Å². The smallest absolute Gasteiger partial charge is 0.221 e. The van der Waals surface area contributed by atoms with Crippen LogP contribution in [0.4, 0.5) is 30.7 Å². The van der Waals surface area contributed by atoms with Crippen molar-refractivity contribution in [1.29, 1.82) is 5.26 Å². The summed E-state index contributed by atoms with van der Waals surface area (Å²) in [5.74, 6) is -8.90. The molecule has 0 rings (SSSR count). The lowest BCUT2D eigenvalue weighted by atomic mass is 10.3. The third-order valence-electron chi connectivity index (χ3n) is 1.37. The van der Waals surface area contributed by atoms with E-state index in [1.54, 1.807) is 0 Å². The third-order valence-corrected chi connectivity index (χ3v) is 2.91. The van der Waals surface area contributed by atoms with Crippen molar-refractivity contribution in [3.8, 4) is 6.07 Å². The fraction of sp³-hybridized carbons (Fsp3) is 0.800. The van der Waals surface area contributed by atoms with Crippen LogP contribution in [0.5, 0.6) is 0 Å². The first kappa shape index (κ1) is 14.9. The van der Waals surface area contributed by atoms with Crippen LogP contribution in [0.3, 0.4) is 0 Å². The lowest BCUT2D eigenvalue weighted by Crippen LogP contribution is -2.56. The molecule has 0 saturated carbocycles. The average Bonchev–Trinajstić information content (AvgIpc) is 2.01. The van der Waals surface area contributed by atoms with E-state index >= 15 is 0 Å². The SMILES string of the molecule is N#CCS(=O)(=O)C(F)(F)C(F)(F)C(F)(F)F. The summed E-state index contributed by atoms with van der Waals surface area (Å²) in [5, 5.41) is 1.36. The van der Waals surface area contributed by atoms with E-state index in [1.807, 2.05) is 0 Å². The molecular formula is C5H2F7NO2S. The first-order valence-electron chi connectivity index (χ1n) is 3.23. The van der Waals surface area contributed by atoms with Crippen LogP contribution in [0.1, 0.15) is 0 Å². The van der Waals surface area contributed by atoms with Crippen molar-refractivity contribution in [3.05, 3.63) is 0 Å². The second kappa shape index (κ2) is 3.76. The lowest BCUT2D eigenvalue weighted by molar-refractivity contribution is -0.332. The zero-order valence-corrected chi connectivity index (χ0v) is 7.84. The fourth-order valence-electron chi connectivity index (χ4n) is 0.536. The molecule has 94 valence electrons. The summed E-state index contributed by atoms with van der Waals surface area (Å²) in [7, 11) is -6.22. The minimum atomic E-state index is -6.75. The Morgan fingerprint density at radius 2 is 1.38 bits per heavy atom. The van der Waals surface area contributed by atoms with E-state index in [4.69, 9.17) is 5.26 Å². The number of nitriles is 1. The van der Waals surface area contributed by atoms with Gasteiger partial charge in [0.05, 0.1) is 6.07 Å². The predicted octanol–water partition coefficient (Wildman–Crippen LogP) is 1.72. The van der Waals surface area contributed by atoms with Crippen LogP contribution in [0.2, 0.25) is 0 Å². The molecule has 0 amide bonds. The highest BCUT2D eigenvalue weighted by atomic mass is 32.2. The number of nitrogens with zero attached hydrogens (tertiary/aromatic N) is 1. The summed E-state index contributed by atoms with van der Waals surface area (Å²) in [6.07, 6.45) is -6.74. The van der Waals surface area contributed by atoms with Crippen molar-refractivity contribution in [2.24, 2.45) is 0 Å². The van der Waals surface area contributed by atoms with Crippen LogP contribution in [0.25, 0.3) is 0 Å². The Kier molecular flexibility index (Phi) is 3.51. The molecular weight excluding hydrogens is 271 g/mol. The van der Waals surface area contributed by atoms with Crippen molar-refractivity contribution >= 4 is 9.84 Å². The van der Waals surface area contributed by atoms with E-state index in [9.17, 15) is 39.2 Å². The molecule has 0 bridgehead atoms. The molecule has 0 unspecified atom stereocenters. The van der Waals surface area contributed by atoms with Crippen molar-refractivity contribution in [2.75, 3.05) is 5.75 Å². The Balaban J connectivity index is 5.65. The standard InChI is InChI=1S/C5H2F7NO2S/c6-3(7,4(8,9)10)5(11,12)16(14,15)2-1-13/h2H2. The minimum absolute atomic E-state index is 0.569. The van der Waals surface area contributed by atoms with E-state index < -0.39 is 32.9 Å². The van der Waals surface area contributed by atoms with Crippen LogP contribution in [-0.4, -0.2) is 31.5 Å². The Bertz CT molecular complexity index is 403. The maximum absolute atomic E-state index is 12.5. The normalized spacial score (nSPS) is 14.6. The summed E-state index contributed by atoms with van der Waals surface area (Å²) in [5.41, 5.74) is 0. The zero-order chi connectivity index (χ0) is 13.4. The van der Waals surface area contributed by atoms with E-state index in [0.717, 1.165) is 0 Å². The van der Waals surface area contributed by atoms with Crippen molar-refractivity contribution < 1.29 is 39.2 Å². The lowest BCUT2D eigenvalue weighted by Gasteiger charge is -2.26. The average molecular weight is 273 g/mol. The Morgan fingerprint density at radius 1 is 1.00 bits per heavy atom. The highest BCUT2D eigenvalue weighted by Crippen LogP contribution is 2.49. The number of halogens is 7. The largest absolute Gasteiger partial charge is 0.461 e. The molecule has 0 aliphatic rings. The maximum atomic E-state index is 12.5. The molecule has 0 saturated heterocycles. The minimum Gasteiger partial charge on any atom is -0.221 e. The van der Waals surface area contributed by atoms with Gasteiger partial charge in [-0.05, 0) is 0 Å². The molecule has 0 aromatic carbocycles. The second-order valence-corrected chi connectivity index (χ2v) is 4.54. The second-order valence-electron chi connectivity index (χ2n) is 2.51. The van der Waals surface area contributed by atoms with Crippen molar-refractivity contribution in [2.45, 2.75) is 17.4 Å².